The molecule has 3 rings (SSSR count). The SMILES string of the molecule is Cc1ccc(CCN(CC2CCCO2)C(=O)C2CCCC(N)C2)cc1.Cl. The van der Waals surface area contributed by atoms with Crippen molar-refractivity contribution in [3.8, 4) is 0 Å². The normalized spacial score (nSPS) is 25.5. The number of aryl methyl sites for hydroxylation is 1. The van der Waals surface area contributed by atoms with Gasteiger partial charge in [0.05, 0.1) is 6.10 Å². The largest absolute Gasteiger partial charge is 0.376 e. The fourth-order valence-electron chi connectivity index (χ4n) is 4.05. The molecule has 1 amide bonds. The Kier molecular flexibility index (Phi) is 8.39. The van der Waals surface area contributed by atoms with Crippen LogP contribution >= 0.6 is 12.4 Å². The third-order valence-electron chi connectivity index (χ3n) is 5.61. The van der Waals surface area contributed by atoms with Gasteiger partial charge in [0.1, 0.15) is 0 Å². The van der Waals surface area contributed by atoms with Crippen molar-refractivity contribution in [2.24, 2.45) is 11.7 Å². The Bertz CT molecular complexity index is 558. The Morgan fingerprint density at radius 1 is 1.19 bits per heavy atom. The lowest BCUT2D eigenvalue weighted by Crippen LogP contribution is -2.44. The minimum Gasteiger partial charge on any atom is -0.376 e. The molecule has 1 aromatic rings. The molecule has 1 heterocycles. The van der Waals surface area contributed by atoms with Crippen LogP contribution in [-0.2, 0) is 16.0 Å². The van der Waals surface area contributed by atoms with Crippen LogP contribution in [0, 0.1) is 12.8 Å². The first-order valence-electron chi connectivity index (χ1n) is 9.83. The summed E-state index contributed by atoms with van der Waals surface area (Å²) in [4.78, 5) is 15.2. The second-order valence-corrected chi connectivity index (χ2v) is 7.78. The molecule has 146 valence electrons. The van der Waals surface area contributed by atoms with E-state index in [9.17, 15) is 4.79 Å². The standard InChI is InChI=1S/C21H32N2O2.ClH/c1-16-7-9-17(10-8-16)11-12-23(15-20-6-3-13-25-20)21(24)18-4-2-5-19(22)14-18;/h7-10,18-20H,2-6,11-15,22H2,1H3;1H. The zero-order valence-electron chi connectivity index (χ0n) is 15.9. The van der Waals surface area contributed by atoms with Crippen molar-refractivity contribution in [2.45, 2.75) is 64.0 Å². The van der Waals surface area contributed by atoms with E-state index in [4.69, 9.17) is 10.5 Å². The number of benzene rings is 1. The highest BCUT2D eigenvalue weighted by Gasteiger charge is 2.30. The molecular weight excluding hydrogens is 348 g/mol. The number of nitrogens with zero attached hydrogens (tertiary/aromatic N) is 1. The molecule has 1 aliphatic carbocycles. The maximum Gasteiger partial charge on any atom is 0.225 e. The van der Waals surface area contributed by atoms with Crippen LogP contribution in [0.25, 0.3) is 0 Å². The average Bonchev–Trinajstić information content (AvgIpc) is 3.12. The van der Waals surface area contributed by atoms with Gasteiger partial charge in [-0.2, -0.15) is 0 Å². The molecule has 3 unspecified atom stereocenters. The highest BCUT2D eigenvalue weighted by molar-refractivity contribution is 5.85. The summed E-state index contributed by atoms with van der Waals surface area (Å²) in [6.07, 6.45) is 7.24. The minimum absolute atomic E-state index is 0. The molecule has 3 atom stereocenters. The zero-order valence-corrected chi connectivity index (χ0v) is 16.7. The van der Waals surface area contributed by atoms with Crippen LogP contribution in [0.2, 0.25) is 0 Å². The Morgan fingerprint density at radius 3 is 2.62 bits per heavy atom. The van der Waals surface area contributed by atoms with Gasteiger partial charge in [0.2, 0.25) is 5.91 Å². The van der Waals surface area contributed by atoms with E-state index in [0.717, 1.165) is 64.6 Å². The first kappa shape index (κ1) is 21.2. The predicted molar refractivity (Wildman–Crippen MR) is 108 cm³/mol. The molecule has 2 N–H and O–H groups in total. The smallest absolute Gasteiger partial charge is 0.225 e. The summed E-state index contributed by atoms with van der Waals surface area (Å²) in [5.41, 5.74) is 8.67. The predicted octanol–water partition coefficient (Wildman–Crippen LogP) is 3.48. The van der Waals surface area contributed by atoms with E-state index in [1.54, 1.807) is 0 Å². The zero-order chi connectivity index (χ0) is 17.6. The lowest BCUT2D eigenvalue weighted by molar-refractivity contribution is -0.138. The van der Waals surface area contributed by atoms with Gasteiger partial charge in [0.25, 0.3) is 0 Å². The van der Waals surface area contributed by atoms with Crippen LogP contribution in [0.15, 0.2) is 24.3 Å². The van der Waals surface area contributed by atoms with Gasteiger partial charge in [-0.15, -0.1) is 12.4 Å². The minimum atomic E-state index is 0. The number of carbonyl (C=O) groups is 1. The van der Waals surface area contributed by atoms with E-state index in [2.05, 4.69) is 36.1 Å². The Hall–Kier alpha value is -1.10. The summed E-state index contributed by atoms with van der Waals surface area (Å²) in [7, 11) is 0. The fraction of sp³-hybridized carbons (Fsp3) is 0.667. The summed E-state index contributed by atoms with van der Waals surface area (Å²) in [6.45, 7) is 4.44. The van der Waals surface area contributed by atoms with Crippen LogP contribution in [0.1, 0.15) is 49.7 Å². The van der Waals surface area contributed by atoms with Crippen LogP contribution in [0.5, 0.6) is 0 Å². The number of nitrogens with two attached hydrogens (primary N) is 1. The molecular formula is C21H33ClN2O2. The molecule has 26 heavy (non-hydrogen) atoms. The van der Waals surface area contributed by atoms with Gasteiger partial charge in [-0.3, -0.25) is 4.79 Å². The number of rotatable bonds is 6. The quantitative estimate of drug-likeness (QED) is 0.821. The molecule has 4 nitrogen and oxygen atoms in total. The topological polar surface area (TPSA) is 55.6 Å². The van der Waals surface area contributed by atoms with E-state index in [0.29, 0.717) is 0 Å². The molecule has 1 saturated heterocycles. The van der Waals surface area contributed by atoms with E-state index < -0.39 is 0 Å². The van der Waals surface area contributed by atoms with Gasteiger partial charge in [0, 0.05) is 31.7 Å². The molecule has 0 radical (unpaired) electrons. The number of hydrogen-bond acceptors (Lipinski definition) is 3. The maximum atomic E-state index is 13.1. The number of hydrogen-bond donors (Lipinski definition) is 1. The first-order valence-corrected chi connectivity index (χ1v) is 9.83. The van der Waals surface area contributed by atoms with Crippen LogP contribution < -0.4 is 5.73 Å². The summed E-state index contributed by atoms with van der Waals surface area (Å²) < 4.78 is 5.79. The summed E-state index contributed by atoms with van der Waals surface area (Å²) >= 11 is 0. The highest BCUT2D eigenvalue weighted by Crippen LogP contribution is 2.26. The van der Waals surface area contributed by atoms with Crippen molar-refractivity contribution < 1.29 is 9.53 Å². The monoisotopic (exact) mass is 380 g/mol. The van der Waals surface area contributed by atoms with Crippen molar-refractivity contribution in [2.75, 3.05) is 19.7 Å². The average molecular weight is 381 g/mol. The Balaban J connectivity index is 0.00000243. The summed E-state index contributed by atoms with van der Waals surface area (Å²) in [5, 5.41) is 0. The maximum absolute atomic E-state index is 13.1. The van der Waals surface area contributed by atoms with Crippen molar-refractivity contribution in [3.63, 3.8) is 0 Å². The molecule has 0 spiro atoms. The van der Waals surface area contributed by atoms with Crippen LogP contribution in [-0.4, -0.2) is 42.6 Å². The van der Waals surface area contributed by atoms with Crippen molar-refractivity contribution in [3.05, 3.63) is 35.4 Å². The molecule has 1 aliphatic heterocycles. The number of amides is 1. The van der Waals surface area contributed by atoms with E-state index in [1.807, 2.05) is 0 Å². The first-order chi connectivity index (χ1) is 12.1. The number of ether oxygens (including phenoxy) is 1. The Morgan fingerprint density at radius 2 is 1.96 bits per heavy atom. The lowest BCUT2D eigenvalue weighted by atomic mass is 9.85. The number of halogens is 1. The van der Waals surface area contributed by atoms with Gasteiger partial charge in [-0.25, -0.2) is 0 Å². The molecule has 5 heteroatoms. The van der Waals surface area contributed by atoms with Crippen molar-refractivity contribution in [1.82, 2.24) is 4.90 Å². The lowest BCUT2D eigenvalue weighted by Gasteiger charge is -2.32. The van der Waals surface area contributed by atoms with E-state index >= 15 is 0 Å². The third-order valence-corrected chi connectivity index (χ3v) is 5.61. The van der Waals surface area contributed by atoms with Gasteiger partial charge < -0.3 is 15.4 Å². The second kappa shape index (κ2) is 10.3. The number of carbonyl (C=O) groups excluding carboxylic acids is 1. The third kappa shape index (κ3) is 5.97. The molecule has 2 fully saturated rings. The van der Waals surface area contributed by atoms with Crippen LogP contribution in [0.4, 0.5) is 0 Å². The fourth-order valence-corrected chi connectivity index (χ4v) is 4.05. The van der Waals surface area contributed by atoms with E-state index in [-0.39, 0.29) is 36.4 Å². The molecule has 0 bridgehead atoms. The molecule has 1 aromatic carbocycles. The van der Waals surface area contributed by atoms with Gasteiger partial charge >= 0.3 is 0 Å². The van der Waals surface area contributed by atoms with Crippen LogP contribution in [0.3, 0.4) is 0 Å². The highest BCUT2D eigenvalue weighted by atomic mass is 35.5. The van der Waals surface area contributed by atoms with E-state index in [1.165, 1.54) is 11.1 Å². The second-order valence-electron chi connectivity index (χ2n) is 7.78. The van der Waals surface area contributed by atoms with Crippen molar-refractivity contribution in [1.29, 1.82) is 0 Å². The van der Waals surface area contributed by atoms with Crippen molar-refractivity contribution >= 4 is 18.3 Å². The molecule has 1 saturated carbocycles. The Labute approximate surface area is 163 Å². The summed E-state index contributed by atoms with van der Waals surface area (Å²) in [5.74, 6) is 0.390. The summed E-state index contributed by atoms with van der Waals surface area (Å²) in [6, 6.07) is 8.80. The van der Waals surface area contributed by atoms with Gasteiger partial charge in [0.15, 0.2) is 0 Å². The van der Waals surface area contributed by atoms with Gasteiger partial charge in [-0.05, 0) is 51.0 Å². The molecule has 2 aliphatic rings. The van der Waals surface area contributed by atoms with Gasteiger partial charge in [-0.1, -0.05) is 36.2 Å². The molecule has 0 aromatic heterocycles.